The van der Waals surface area contributed by atoms with Crippen LogP contribution in [0.4, 0.5) is 10.1 Å². The number of benzene rings is 3. The lowest BCUT2D eigenvalue weighted by Gasteiger charge is -2.28. The molecule has 1 aliphatic heterocycles. The number of anilines is 1. The molecular formula is C22H21FN3O5S-. The number of rotatable bonds is 9. The quantitative estimate of drug-likeness (QED) is 0.422. The van der Waals surface area contributed by atoms with Gasteiger partial charge in [0.15, 0.2) is 5.82 Å². The van der Waals surface area contributed by atoms with Crippen molar-refractivity contribution in [3.8, 4) is 11.5 Å². The van der Waals surface area contributed by atoms with Crippen molar-refractivity contribution in [1.29, 1.82) is 0 Å². The van der Waals surface area contributed by atoms with E-state index >= 15 is 4.39 Å². The van der Waals surface area contributed by atoms with Crippen LogP contribution in [0, 0.1) is 5.82 Å². The molecule has 0 aromatic heterocycles. The first-order chi connectivity index (χ1) is 15.5. The molecule has 1 heterocycles. The zero-order chi connectivity index (χ0) is 22.5. The SMILES string of the molecule is O=C(CNc1c(OCc2ccccc2)cc2ccc(OC3CNC3)cc2c1F)NS(=O)[O-]. The van der Waals surface area contributed by atoms with Crippen LogP contribution in [0.25, 0.3) is 10.8 Å². The number of fused-ring (bicyclic) bond motifs is 1. The van der Waals surface area contributed by atoms with Gasteiger partial charge in [-0.05, 0) is 29.1 Å². The molecule has 168 valence electrons. The molecule has 1 fully saturated rings. The number of ether oxygens (including phenoxy) is 2. The number of carbonyl (C=O) groups is 1. The summed E-state index contributed by atoms with van der Waals surface area (Å²) < 4.78 is 50.2. The minimum atomic E-state index is -2.76. The molecule has 4 rings (SSSR count). The van der Waals surface area contributed by atoms with Crippen LogP contribution in [-0.4, -0.2) is 40.4 Å². The number of hydrogen-bond donors (Lipinski definition) is 3. The number of hydrogen-bond acceptors (Lipinski definition) is 7. The molecule has 1 saturated heterocycles. The summed E-state index contributed by atoms with van der Waals surface area (Å²) in [5, 5.41) is 6.66. The van der Waals surface area contributed by atoms with Gasteiger partial charge in [0.1, 0.15) is 29.9 Å². The molecule has 32 heavy (non-hydrogen) atoms. The highest BCUT2D eigenvalue weighted by molar-refractivity contribution is 7.77. The fraction of sp³-hybridized carbons (Fsp3) is 0.227. The Morgan fingerprint density at radius 2 is 1.97 bits per heavy atom. The highest BCUT2D eigenvalue weighted by Gasteiger charge is 2.20. The standard InChI is InChI=1S/C22H22FN3O5S/c23-21-18-9-16(31-17-10-24-11-17)7-6-15(18)8-19(30-13-14-4-2-1-3-5-14)22(21)25-12-20(27)26-32(28)29/h1-9,17,24-25H,10-13H2,(H,26,27)(H,28,29)/p-1. The van der Waals surface area contributed by atoms with Crippen molar-refractivity contribution < 1.29 is 27.4 Å². The highest BCUT2D eigenvalue weighted by Crippen LogP contribution is 2.36. The van der Waals surface area contributed by atoms with E-state index in [0.29, 0.717) is 11.1 Å². The zero-order valence-electron chi connectivity index (χ0n) is 16.9. The number of amides is 1. The van der Waals surface area contributed by atoms with E-state index in [1.54, 1.807) is 29.0 Å². The average Bonchev–Trinajstić information content (AvgIpc) is 2.75. The minimum Gasteiger partial charge on any atom is -0.755 e. The molecule has 1 atom stereocenters. The molecule has 1 amide bonds. The molecule has 1 unspecified atom stereocenters. The molecule has 0 aliphatic carbocycles. The van der Waals surface area contributed by atoms with Gasteiger partial charge in [0.2, 0.25) is 5.91 Å². The summed E-state index contributed by atoms with van der Waals surface area (Å²) in [5.41, 5.74) is 0.846. The molecule has 10 heteroatoms. The van der Waals surface area contributed by atoms with Gasteiger partial charge >= 0.3 is 0 Å². The second-order valence-corrected chi connectivity index (χ2v) is 7.91. The van der Waals surface area contributed by atoms with E-state index in [9.17, 15) is 13.6 Å². The van der Waals surface area contributed by atoms with E-state index in [1.807, 2.05) is 30.3 Å². The Hall–Kier alpha value is -3.21. The Morgan fingerprint density at radius 1 is 1.19 bits per heavy atom. The van der Waals surface area contributed by atoms with Crippen molar-refractivity contribution in [3.05, 3.63) is 66.0 Å². The summed E-state index contributed by atoms with van der Waals surface area (Å²) in [6.45, 7) is 1.20. The largest absolute Gasteiger partial charge is 0.755 e. The maximum Gasteiger partial charge on any atom is 0.250 e. The van der Waals surface area contributed by atoms with E-state index in [1.165, 1.54) is 0 Å². The van der Waals surface area contributed by atoms with E-state index < -0.39 is 29.5 Å². The predicted octanol–water partition coefficient (Wildman–Crippen LogP) is 2.23. The van der Waals surface area contributed by atoms with Crippen molar-refractivity contribution in [2.75, 3.05) is 25.0 Å². The molecule has 8 nitrogen and oxygen atoms in total. The fourth-order valence-corrected chi connectivity index (χ4v) is 3.49. The van der Waals surface area contributed by atoms with Gasteiger partial charge in [0.25, 0.3) is 0 Å². The summed E-state index contributed by atoms with van der Waals surface area (Å²) in [7, 11) is 0. The first-order valence-electron chi connectivity index (χ1n) is 9.92. The molecule has 3 aromatic carbocycles. The highest BCUT2D eigenvalue weighted by atomic mass is 32.2. The lowest BCUT2D eigenvalue weighted by atomic mass is 10.1. The summed E-state index contributed by atoms with van der Waals surface area (Å²) >= 11 is -2.76. The summed E-state index contributed by atoms with van der Waals surface area (Å²) in [4.78, 5) is 11.8. The van der Waals surface area contributed by atoms with Gasteiger partial charge in [-0.1, -0.05) is 36.4 Å². The molecule has 0 bridgehead atoms. The zero-order valence-corrected chi connectivity index (χ0v) is 17.7. The van der Waals surface area contributed by atoms with Crippen molar-refractivity contribution in [1.82, 2.24) is 10.0 Å². The van der Waals surface area contributed by atoms with Crippen LogP contribution in [0.5, 0.6) is 11.5 Å². The predicted molar refractivity (Wildman–Crippen MR) is 118 cm³/mol. The number of nitrogens with one attached hydrogen (secondary N) is 3. The first-order valence-corrected chi connectivity index (χ1v) is 11.0. The molecule has 0 radical (unpaired) electrons. The van der Waals surface area contributed by atoms with Gasteiger partial charge in [0.05, 0.1) is 6.54 Å². The second kappa shape index (κ2) is 9.94. The smallest absolute Gasteiger partial charge is 0.250 e. The number of halogens is 1. The third kappa shape index (κ3) is 5.34. The maximum atomic E-state index is 15.5. The normalized spacial score (nSPS) is 14.4. The van der Waals surface area contributed by atoms with E-state index in [-0.39, 0.29) is 29.5 Å². The van der Waals surface area contributed by atoms with Gasteiger partial charge in [0, 0.05) is 29.7 Å². The summed E-state index contributed by atoms with van der Waals surface area (Å²) in [6, 6.07) is 16.1. The Labute approximate surface area is 186 Å². The van der Waals surface area contributed by atoms with Crippen molar-refractivity contribution in [3.63, 3.8) is 0 Å². The van der Waals surface area contributed by atoms with Crippen LogP contribution in [0.2, 0.25) is 0 Å². The van der Waals surface area contributed by atoms with Gasteiger partial charge in [-0.25, -0.2) is 4.39 Å². The maximum absolute atomic E-state index is 15.5. The van der Waals surface area contributed by atoms with Gasteiger partial charge in [-0.3, -0.25) is 13.7 Å². The van der Waals surface area contributed by atoms with Crippen LogP contribution in [0.15, 0.2) is 54.6 Å². The Kier molecular flexibility index (Phi) is 6.84. The fourth-order valence-electron chi connectivity index (χ4n) is 3.23. The molecule has 3 N–H and O–H groups in total. The molecule has 0 spiro atoms. The first kappa shape index (κ1) is 22.0. The minimum absolute atomic E-state index is 0.0391. The van der Waals surface area contributed by atoms with Crippen molar-refractivity contribution in [2.24, 2.45) is 0 Å². The topological polar surface area (TPSA) is 112 Å². The lowest BCUT2D eigenvalue weighted by molar-refractivity contribution is -0.117. The van der Waals surface area contributed by atoms with Crippen molar-refractivity contribution in [2.45, 2.75) is 12.7 Å². The third-order valence-electron chi connectivity index (χ3n) is 4.92. The van der Waals surface area contributed by atoms with E-state index in [4.69, 9.17) is 9.47 Å². The molecule has 0 saturated carbocycles. The Balaban J connectivity index is 1.63. The average molecular weight is 458 g/mol. The third-order valence-corrected chi connectivity index (χ3v) is 5.31. The monoisotopic (exact) mass is 458 g/mol. The number of carbonyl (C=O) groups excluding carboxylic acids is 1. The van der Waals surface area contributed by atoms with Crippen LogP contribution in [0.1, 0.15) is 5.56 Å². The van der Waals surface area contributed by atoms with Crippen LogP contribution < -0.4 is 24.8 Å². The molecule has 3 aromatic rings. The van der Waals surface area contributed by atoms with Crippen LogP contribution >= 0.6 is 0 Å². The van der Waals surface area contributed by atoms with Crippen LogP contribution in [-0.2, 0) is 22.7 Å². The lowest BCUT2D eigenvalue weighted by Crippen LogP contribution is -2.50. The van der Waals surface area contributed by atoms with Crippen molar-refractivity contribution >= 4 is 33.6 Å². The Bertz CT molecular complexity index is 1140. The summed E-state index contributed by atoms with van der Waals surface area (Å²) in [6.07, 6.45) is 0.0400. The van der Waals surface area contributed by atoms with Gasteiger partial charge in [-0.2, -0.15) is 0 Å². The molecule has 1 aliphatic rings. The second-order valence-electron chi connectivity index (χ2n) is 7.23. The van der Waals surface area contributed by atoms with Gasteiger partial charge < -0.3 is 24.7 Å². The molecular weight excluding hydrogens is 437 g/mol. The summed E-state index contributed by atoms with van der Waals surface area (Å²) in [5.74, 6) is -0.724. The van der Waals surface area contributed by atoms with E-state index in [0.717, 1.165) is 18.7 Å². The van der Waals surface area contributed by atoms with E-state index in [2.05, 4.69) is 10.6 Å². The van der Waals surface area contributed by atoms with Crippen LogP contribution in [0.3, 0.4) is 0 Å². The Morgan fingerprint density at radius 3 is 2.66 bits per heavy atom. The van der Waals surface area contributed by atoms with Gasteiger partial charge in [-0.15, -0.1) is 0 Å².